The van der Waals surface area contributed by atoms with Crippen molar-refractivity contribution in [3.63, 3.8) is 0 Å². The summed E-state index contributed by atoms with van der Waals surface area (Å²) in [6.45, 7) is 8.63. The van der Waals surface area contributed by atoms with E-state index in [0.29, 0.717) is 25.2 Å². The van der Waals surface area contributed by atoms with E-state index in [1.54, 1.807) is 0 Å². The highest BCUT2D eigenvalue weighted by molar-refractivity contribution is 6.00. The first kappa shape index (κ1) is 17.2. The van der Waals surface area contributed by atoms with Crippen LogP contribution >= 0.6 is 0 Å². The van der Waals surface area contributed by atoms with Crippen molar-refractivity contribution in [2.45, 2.75) is 46.6 Å². The highest BCUT2D eigenvalue weighted by Gasteiger charge is 2.19. The van der Waals surface area contributed by atoms with Crippen molar-refractivity contribution < 1.29 is 14.7 Å². The Kier molecular flexibility index (Phi) is 6.87. The van der Waals surface area contributed by atoms with Gasteiger partial charge < -0.3 is 20.4 Å². The summed E-state index contributed by atoms with van der Waals surface area (Å²) in [6.07, 6.45) is 1.55. The van der Waals surface area contributed by atoms with E-state index in [0.717, 1.165) is 17.7 Å². The Hall–Kier alpha value is -1.89. The van der Waals surface area contributed by atoms with Crippen LogP contribution in [0.25, 0.3) is 0 Å². The zero-order valence-corrected chi connectivity index (χ0v) is 13.1. The molecule has 7 nitrogen and oxygen atoms in total. The van der Waals surface area contributed by atoms with Crippen LogP contribution in [0.2, 0.25) is 0 Å². The number of amidine groups is 1. The van der Waals surface area contributed by atoms with Crippen molar-refractivity contribution in [3.05, 3.63) is 16.8 Å². The zero-order valence-electron chi connectivity index (χ0n) is 13.1. The van der Waals surface area contributed by atoms with Crippen LogP contribution in [-0.4, -0.2) is 40.6 Å². The molecular formula is C14H24N4O3. The minimum absolute atomic E-state index is 0.0174. The Balaban J connectivity index is 3.02. The van der Waals surface area contributed by atoms with Gasteiger partial charge in [-0.05, 0) is 32.3 Å². The molecule has 21 heavy (non-hydrogen) atoms. The second kappa shape index (κ2) is 8.41. The summed E-state index contributed by atoms with van der Waals surface area (Å²) >= 11 is 0. The van der Waals surface area contributed by atoms with Gasteiger partial charge in [-0.15, -0.1) is 5.10 Å². The molecule has 0 fully saturated rings. The number of hydrogen-bond acceptors (Lipinski definition) is 6. The zero-order chi connectivity index (χ0) is 15.8. The Labute approximate surface area is 125 Å². The summed E-state index contributed by atoms with van der Waals surface area (Å²) in [4.78, 5) is 0. The average Bonchev–Trinajstić information content (AvgIpc) is 2.49. The molecular weight excluding hydrogens is 272 g/mol. The lowest BCUT2D eigenvalue weighted by molar-refractivity contribution is 0.0539. The van der Waals surface area contributed by atoms with Crippen LogP contribution in [0.1, 0.15) is 44.5 Å². The van der Waals surface area contributed by atoms with E-state index >= 15 is 0 Å². The third-order valence-corrected chi connectivity index (χ3v) is 2.95. The van der Waals surface area contributed by atoms with Crippen LogP contribution in [0.4, 0.5) is 0 Å². The van der Waals surface area contributed by atoms with Crippen LogP contribution in [0.3, 0.4) is 0 Å². The number of aromatic nitrogens is 2. The molecule has 0 aromatic carbocycles. The normalized spacial score (nSPS) is 12.0. The van der Waals surface area contributed by atoms with E-state index in [1.165, 1.54) is 0 Å². The molecule has 0 bridgehead atoms. The van der Waals surface area contributed by atoms with Gasteiger partial charge in [-0.2, -0.15) is 5.10 Å². The molecule has 1 heterocycles. The fourth-order valence-corrected chi connectivity index (χ4v) is 1.99. The maximum atomic E-state index is 8.98. The molecule has 0 aliphatic rings. The van der Waals surface area contributed by atoms with Crippen LogP contribution in [0, 0.1) is 0 Å². The third kappa shape index (κ3) is 4.56. The number of aryl methyl sites for hydroxylation is 1. The molecule has 0 saturated carbocycles. The number of ether oxygens (including phenoxy) is 2. The van der Waals surface area contributed by atoms with Crippen LogP contribution in [0.15, 0.2) is 5.16 Å². The second-order valence-corrected chi connectivity index (χ2v) is 4.77. The van der Waals surface area contributed by atoms with Crippen LogP contribution in [-0.2, 0) is 17.6 Å². The molecule has 0 spiro atoms. The molecule has 0 radical (unpaired) electrons. The van der Waals surface area contributed by atoms with Gasteiger partial charge in [0.15, 0.2) is 5.84 Å². The van der Waals surface area contributed by atoms with Gasteiger partial charge in [0.1, 0.15) is 6.61 Å². The fourth-order valence-electron chi connectivity index (χ4n) is 1.99. The summed E-state index contributed by atoms with van der Waals surface area (Å²) in [7, 11) is 0. The Morgan fingerprint density at radius 2 is 1.95 bits per heavy atom. The van der Waals surface area contributed by atoms with Gasteiger partial charge in [-0.3, -0.25) is 0 Å². The highest BCUT2D eigenvalue weighted by Crippen LogP contribution is 2.22. The minimum Gasteiger partial charge on any atom is -0.474 e. The van der Waals surface area contributed by atoms with Gasteiger partial charge in [0, 0.05) is 0 Å². The first-order valence-corrected chi connectivity index (χ1v) is 7.15. The van der Waals surface area contributed by atoms with E-state index in [9.17, 15) is 0 Å². The highest BCUT2D eigenvalue weighted by atomic mass is 16.5. The number of rotatable bonds is 8. The van der Waals surface area contributed by atoms with Gasteiger partial charge in [0.2, 0.25) is 5.88 Å². The smallest absolute Gasteiger partial charge is 0.245 e. The molecule has 7 heteroatoms. The first-order valence-electron chi connectivity index (χ1n) is 7.15. The lowest BCUT2D eigenvalue weighted by Gasteiger charge is -2.15. The summed E-state index contributed by atoms with van der Waals surface area (Å²) < 4.78 is 11.0. The SMILES string of the molecule is CCc1nnc(OCCOC(C)C)c(C(N)=NO)c1CC. The Bertz CT molecular complexity index is 489. The van der Waals surface area contributed by atoms with E-state index in [-0.39, 0.29) is 17.8 Å². The number of hydrogen-bond donors (Lipinski definition) is 2. The molecule has 0 saturated heterocycles. The standard InChI is InChI=1S/C14H24N4O3/c1-5-10-11(6-2)16-17-14(12(10)13(15)18-19)21-8-7-20-9(3)4/h9,19H,5-8H2,1-4H3,(H2,15,18). The van der Waals surface area contributed by atoms with Crippen molar-refractivity contribution >= 4 is 5.84 Å². The number of oxime groups is 1. The Morgan fingerprint density at radius 3 is 2.48 bits per heavy atom. The molecule has 1 aromatic rings. The van der Waals surface area contributed by atoms with Crippen molar-refractivity contribution in [1.82, 2.24) is 10.2 Å². The molecule has 0 aliphatic carbocycles. The summed E-state index contributed by atoms with van der Waals surface area (Å²) in [6, 6.07) is 0. The fraction of sp³-hybridized carbons (Fsp3) is 0.643. The lowest BCUT2D eigenvalue weighted by atomic mass is 10.0. The summed E-state index contributed by atoms with van der Waals surface area (Å²) in [5.74, 6) is 0.253. The van der Waals surface area contributed by atoms with Crippen molar-refractivity contribution in [1.29, 1.82) is 0 Å². The monoisotopic (exact) mass is 296 g/mol. The average molecular weight is 296 g/mol. The predicted molar refractivity (Wildman–Crippen MR) is 79.9 cm³/mol. The molecule has 0 unspecified atom stereocenters. The molecule has 1 aromatic heterocycles. The van der Waals surface area contributed by atoms with Gasteiger partial charge in [-0.25, -0.2) is 0 Å². The minimum atomic E-state index is -0.0174. The number of nitrogens with two attached hydrogens (primary N) is 1. The number of nitrogens with zero attached hydrogens (tertiary/aromatic N) is 3. The van der Waals surface area contributed by atoms with E-state index in [2.05, 4.69) is 15.4 Å². The van der Waals surface area contributed by atoms with Gasteiger partial charge in [0.05, 0.1) is 24.0 Å². The predicted octanol–water partition coefficient (Wildman–Crippen LogP) is 1.50. The van der Waals surface area contributed by atoms with Gasteiger partial charge in [-0.1, -0.05) is 19.0 Å². The summed E-state index contributed by atoms with van der Waals surface area (Å²) in [5.41, 5.74) is 7.99. The second-order valence-electron chi connectivity index (χ2n) is 4.77. The molecule has 0 atom stereocenters. The Morgan fingerprint density at radius 1 is 1.24 bits per heavy atom. The van der Waals surface area contributed by atoms with Gasteiger partial charge in [0.25, 0.3) is 0 Å². The topological polar surface area (TPSA) is 103 Å². The van der Waals surface area contributed by atoms with E-state index in [1.807, 2.05) is 27.7 Å². The van der Waals surface area contributed by atoms with Crippen LogP contribution < -0.4 is 10.5 Å². The largest absolute Gasteiger partial charge is 0.474 e. The van der Waals surface area contributed by atoms with E-state index < -0.39 is 0 Å². The summed E-state index contributed by atoms with van der Waals surface area (Å²) in [5, 5.41) is 20.2. The third-order valence-electron chi connectivity index (χ3n) is 2.95. The maximum absolute atomic E-state index is 8.98. The lowest BCUT2D eigenvalue weighted by Crippen LogP contribution is -2.21. The molecule has 0 amide bonds. The molecule has 0 aliphatic heterocycles. The maximum Gasteiger partial charge on any atom is 0.245 e. The first-order chi connectivity index (χ1) is 10.0. The molecule has 1 rings (SSSR count). The van der Waals surface area contributed by atoms with Crippen LogP contribution in [0.5, 0.6) is 5.88 Å². The van der Waals surface area contributed by atoms with E-state index in [4.69, 9.17) is 20.4 Å². The van der Waals surface area contributed by atoms with Crippen molar-refractivity contribution in [3.8, 4) is 5.88 Å². The quantitative estimate of drug-likeness (QED) is 0.248. The molecule has 3 N–H and O–H groups in total. The van der Waals surface area contributed by atoms with Crippen molar-refractivity contribution in [2.24, 2.45) is 10.9 Å². The van der Waals surface area contributed by atoms with Crippen molar-refractivity contribution in [2.75, 3.05) is 13.2 Å². The van der Waals surface area contributed by atoms with Gasteiger partial charge >= 0.3 is 0 Å². The molecule has 118 valence electrons.